The lowest BCUT2D eigenvalue weighted by Crippen LogP contribution is -2.16. The molecule has 0 saturated carbocycles. The van der Waals surface area contributed by atoms with Gasteiger partial charge in [0.1, 0.15) is 24.0 Å². The van der Waals surface area contributed by atoms with E-state index in [1.165, 1.54) is 18.2 Å². The minimum Gasteiger partial charge on any atom is -0.490 e. The smallest absolute Gasteiger partial charge is 0.337 e. The summed E-state index contributed by atoms with van der Waals surface area (Å²) in [5.41, 5.74) is 0.556. The van der Waals surface area contributed by atoms with Crippen LogP contribution in [-0.4, -0.2) is 23.6 Å². The van der Waals surface area contributed by atoms with Crippen molar-refractivity contribution >= 4 is 23.6 Å². The number of nitrogens with one attached hydrogen (secondary N) is 1. The summed E-state index contributed by atoms with van der Waals surface area (Å²) < 4.78 is 5.36. The molecule has 0 fully saturated rings. The lowest BCUT2D eigenvalue weighted by Gasteiger charge is -2.07. The van der Waals surface area contributed by atoms with E-state index in [2.05, 4.69) is 11.9 Å². The topological polar surface area (TPSA) is 99.4 Å². The van der Waals surface area contributed by atoms with E-state index in [1.807, 2.05) is 6.07 Å². The zero-order valence-electron chi connectivity index (χ0n) is 13.8. The molecule has 0 radical (unpaired) electrons. The summed E-state index contributed by atoms with van der Waals surface area (Å²) in [7, 11) is 0. The van der Waals surface area contributed by atoms with Crippen molar-refractivity contribution in [2.24, 2.45) is 0 Å². The number of carbonyl (C=O) groups is 2. The van der Waals surface area contributed by atoms with Gasteiger partial charge in [-0.25, -0.2) is 4.79 Å². The van der Waals surface area contributed by atoms with Crippen LogP contribution in [0, 0.1) is 11.3 Å². The maximum Gasteiger partial charge on any atom is 0.337 e. The second-order valence-electron chi connectivity index (χ2n) is 5.14. The fourth-order valence-corrected chi connectivity index (χ4v) is 2.10. The fraction of sp³-hybridized carbons (Fsp3) is 0.0500. The summed E-state index contributed by atoms with van der Waals surface area (Å²) in [4.78, 5) is 23.5. The molecule has 0 aromatic heterocycles. The molecule has 0 aliphatic rings. The van der Waals surface area contributed by atoms with Gasteiger partial charge >= 0.3 is 5.97 Å². The van der Waals surface area contributed by atoms with Crippen LogP contribution in [0.4, 0.5) is 5.69 Å². The van der Waals surface area contributed by atoms with Crippen LogP contribution in [0.2, 0.25) is 0 Å². The number of carboxylic acid groups (broad SMARTS) is 1. The summed E-state index contributed by atoms with van der Waals surface area (Å²) in [5, 5.41) is 20.9. The molecule has 6 nitrogen and oxygen atoms in total. The first-order chi connectivity index (χ1) is 12.5. The SMILES string of the molecule is C=CCOc1ccc(C=C(C#N)C(=O)Nc2ccccc2C(=O)O)cc1. The van der Waals surface area contributed by atoms with Gasteiger partial charge in [-0.15, -0.1) is 0 Å². The Labute approximate surface area is 150 Å². The van der Waals surface area contributed by atoms with E-state index in [4.69, 9.17) is 9.84 Å². The molecule has 2 aromatic carbocycles. The molecule has 26 heavy (non-hydrogen) atoms. The maximum atomic E-state index is 12.3. The van der Waals surface area contributed by atoms with E-state index in [1.54, 1.807) is 42.5 Å². The molecule has 0 aliphatic carbocycles. The Morgan fingerprint density at radius 1 is 1.19 bits per heavy atom. The number of ether oxygens (including phenoxy) is 1. The van der Waals surface area contributed by atoms with Crippen molar-refractivity contribution in [1.29, 1.82) is 5.26 Å². The van der Waals surface area contributed by atoms with Crippen LogP contribution in [0.15, 0.2) is 66.8 Å². The fourth-order valence-electron chi connectivity index (χ4n) is 2.10. The van der Waals surface area contributed by atoms with Gasteiger partial charge in [-0.05, 0) is 35.9 Å². The Balaban J connectivity index is 2.18. The average Bonchev–Trinajstić information content (AvgIpc) is 2.65. The molecule has 0 unspecified atom stereocenters. The lowest BCUT2D eigenvalue weighted by atomic mass is 10.1. The largest absolute Gasteiger partial charge is 0.490 e. The van der Waals surface area contributed by atoms with Gasteiger partial charge in [-0.3, -0.25) is 4.79 Å². The van der Waals surface area contributed by atoms with Crippen LogP contribution in [0.25, 0.3) is 6.08 Å². The van der Waals surface area contributed by atoms with Crippen LogP contribution in [0.5, 0.6) is 5.75 Å². The van der Waals surface area contributed by atoms with E-state index >= 15 is 0 Å². The van der Waals surface area contributed by atoms with Gasteiger partial charge in [0.15, 0.2) is 0 Å². The van der Waals surface area contributed by atoms with Gasteiger partial charge in [0.25, 0.3) is 5.91 Å². The van der Waals surface area contributed by atoms with Crippen molar-refractivity contribution in [3.8, 4) is 11.8 Å². The maximum absolute atomic E-state index is 12.3. The standard InChI is InChI=1S/C20H16N2O4/c1-2-11-26-16-9-7-14(8-10-16)12-15(13-21)19(23)22-18-6-4-3-5-17(18)20(24)25/h2-10,12H,1,11H2,(H,22,23)(H,24,25). The molecule has 0 saturated heterocycles. The molecule has 0 aliphatic heterocycles. The molecule has 2 rings (SSSR count). The summed E-state index contributed by atoms with van der Waals surface area (Å²) in [6.07, 6.45) is 3.04. The van der Waals surface area contributed by atoms with Gasteiger partial charge in [-0.1, -0.05) is 36.9 Å². The van der Waals surface area contributed by atoms with Gasteiger partial charge in [0, 0.05) is 0 Å². The predicted octanol–water partition coefficient (Wildman–Crippen LogP) is 3.50. The molecular formula is C20H16N2O4. The minimum absolute atomic E-state index is 0.0538. The van der Waals surface area contributed by atoms with Crippen LogP contribution in [-0.2, 0) is 4.79 Å². The van der Waals surface area contributed by atoms with Crippen LogP contribution >= 0.6 is 0 Å². The molecule has 0 atom stereocenters. The Hall–Kier alpha value is -3.85. The second kappa shape index (κ2) is 8.85. The zero-order chi connectivity index (χ0) is 18.9. The van der Waals surface area contributed by atoms with Crippen molar-refractivity contribution < 1.29 is 19.4 Å². The van der Waals surface area contributed by atoms with Gasteiger partial charge in [0.2, 0.25) is 0 Å². The van der Waals surface area contributed by atoms with Gasteiger partial charge in [-0.2, -0.15) is 5.26 Å². The van der Waals surface area contributed by atoms with Crippen molar-refractivity contribution in [2.45, 2.75) is 0 Å². The molecule has 0 bridgehead atoms. The van der Waals surface area contributed by atoms with E-state index < -0.39 is 11.9 Å². The van der Waals surface area contributed by atoms with Crippen molar-refractivity contribution in [1.82, 2.24) is 0 Å². The first-order valence-electron chi connectivity index (χ1n) is 7.64. The number of aromatic carboxylic acids is 1. The van der Waals surface area contributed by atoms with E-state index in [9.17, 15) is 14.9 Å². The number of nitrogens with zero attached hydrogens (tertiary/aromatic N) is 1. The van der Waals surface area contributed by atoms with Crippen molar-refractivity contribution in [3.63, 3.8) is 0 Å². The molecule has 6 heteroatoms. The Morgan fingerprint density at radius 3 is 2.50 bits per heavy atom. The summed E-state index contributed by atoms with van der Waals surface area (Å²) in [5.74, 6) is -1.22. The van der Waals surface area contributed by atoms with E-state index in [0.29, 0.717) is 17.9 Å². The molecule has 0 spiro atoms. The normalized spacial score (nSPS) is 10.5. The Morgan fingerprint density at radius 2 is 1.88 bits per heavy atom. The first kappa shape index (κ1) is 18.5. The Bertz CT molecular complexity index is 893. The highest BCUT2D eigenvalue weighted by Gasteiger charge is 2.14. The van der Waals surface area contributed by atoms with Gasteiger partial charge in [0.05, 0.1) is 11.3 Å². The molecule has 130 valence electrons. The number of hydrogen-bond acceptors (Lipinski definition) is 4. The number of benzene rings is 2. The Kier molecular flexibility index (Phi) is 6.29. The minimum atomic E-state index is -1.17. The second-order valence-corrected chi connectivity index (χ2v) is 5.14. The lowest BCUT2D eigenvalue weighted by molar-refractivity contribution is -0.112. The first-order valence-corrected chi connectivity index (χ1v) is 7.64. The number of anilines is 1. The zero-order valence-corrected chi connectivity index (χ0v) is 13.8. The monoisotopic (exact) mass is 348 g/mol. The third kappa shape index (κ3) is 4.82. The van der Waals surface area contributed by atoms with Crippen LogP contribution in [0.1, 0.15) is 15.9 Å². The van der Waals surface area contributed by atoms with Crippen LogP contribution < -0.4 is 10.1 Å². The quantitative estimate of drug-likeness (QED) is 0.453. The summed E-state index contributed by atoms with van der Waals surface area (Å²) in [6, 6.07) is 14.6. The number of nitriles is 1. The highest BCUT2D eigenvalue weighted by atomic mass is 16.5. The predicted molar refractivity (Wildman–Crippen MR) is 97.8 cm³/mol. The highest BCUT2D eigenvalue weighted by Crippen LogP contribution is 2.18. The molecule has 0 heterocycles. The summed E-state index contributed by atoms with van der Waals surface area (Å²) >= 11 is 0. The number of amides is 1. The number of carbonyl (C=O) groups excluding carboxylic acids is 1. The van der Waals surface area contributed by atoms with Crippen molar-refractivity contribution in [3.05, 3.63) is 77.9 Å². The number of para-hydroxylation sites is 1. The molecular weight excluding hydrogens is 332 g/mol. The van der Waals surface area contributed by atoms with E-state index in [-0.39, 0.29) is 16.8 Å². The molecule has 2 N–H and O–H groups in total. The highest BCUT2D eigenvalue weighted by molar-refractivity contribution is 6.11. The number of carboxylic acids is 1. The number of rotatable bonds is 7. The third-order valence-corrected chi connectivity index (χ3v) is 3.33. The van der Waals surface area contributed by atoms with Crippen LogP contribution in [0.3, 0.4) is 0 Å². The average molecular weight is 348 g/mol. The molecule has 1 amide bonds. The number of hydrogen-bond donors (Lipinski definition) is 2. The molecule has 2 aromatic rings. The van der Waals surface area contributed by atoms with E-state index in [0.717, 1.165) is 0 Å². The summed E-state index contributed by atoms with van der Waals surface area (Å²) in [6.45, 7) is 3.94. The van der Waals surface area contributed by atoms with Crippen molar-refractivity contribution in [2.75, 3.05) is 11.9 Å². The van der Waals surface area contributed by atoms with Gasteiger partial charge < -0.3 is 15.2 Å². The third-order valence-electron chi connectivity index (χ3n) is 3.33.